The maximum absolute atomic E-state index is 14.5. The summed E-state index contributed by atoms with van der Waals surface area (Å²) in [6.45, 7) is 20.6. The maximum Gasteiger partial charge on any atom is 0.133 e. The first-order valence-corrected chi connectivity index (χ1v) is 16.3. The second-order valence-electron chi connectivity index (χ2n) is 14.0. The highest BCUT2D eigenvalue weighted by molar-refractivity contribution is 5.81. The largest absolute Gasteiger partial charge is 0.354 e. The topological polar surface area (TPSA) is 73.0 Å². The zero-order chi connectivity index (χ0) is 32.4. The fourth-order valence-electron chi connectivity index (χ4n) is 6.45. The van der Waals surface area contributed by atoms with Gasteiger partial charge in [0.25, 0.3) is 0 Å². The Morgan fingerprint density at radius 2 is 1.80 bits per heavy atom. The molecule has 2 aromatic carbocycles. The van der Waals surface area contributed by atoms with Crippen LogP contribution in [0, 0.1) is 28.5 Å². The van der Waals surface area contributed by atoms with Gasteiger partial charge in [-0.2, -0.15) is 5.26 Å². The molecule has 2 fully saturated rings. The average molecular weight is 618 g/mol. The Balaban J connectivity index is 1.12. The van der Waals surface area contributed by atoms with Gasteiger partial charge in [-0.25, -0.2) is 14.4 Å². The van der Waals surface area contributed by atoms with Crippen LogP contribution in [-0.4, -0.2) is 45.6 Å². The summed E-state index contributed by atoms with van der Waals surface area (Å²) in [5.74, 6) is 2.86. The van der Waals surface area contributed by atoms with Crippen molar-refractivity contribution in [1.29, 1.82) is 5.26 Å². The van der Waals surface area contributed by atoms with Crippen LogP contribution in [-0.2, 0) is 13.1 Å². The Morgan fingerprint density at radius 1 is 1.02 bits per heavy atom. The molecule has 8 heteroatoms. The van der Waals surface area contributed by atoms with Crippen LogP contribution in [0.1, 0.15) is 69.0 Å². The summed E-state index contributed by atoms with van der Waals surface area (Å²) in [6.07, 6.45) is 4.88. The first-order chi connectivity index (χ1) is 22.1. The third kappa shape index (κ3) is 7.16. The van der Waals surface area contributed by atoms with E-state index in [-0.39, 0.29) is 11.0 Å². The van der Waals surface area contributed by atoms with Gasteiger partial charge in [0.15, 0.2) is 0 Å². The van der Waals surface area contributed by atoms with E-state index in [1.807, 2.05) is 24.3 Å². The third-order valence-electron chi connectivity index (χ3n) is 9.14. The Kier molecular flexibility index (Phi) is 8.97. The number of anilines is 2. The normalized spacial score (nSPS) is 15.8. The molecule has 1 N–H and O–H groups in total. The summed E-state index contributed by atoms with van der Waals surface area (Å²) in [7, 11) is 0. The number of fused-ring (bicyclic) bond motifs is 1. The SMILES string of the molecule is C=C(CC(C)(C)C)c1ccc2nc(CN3CCN(c4cccc(NC(=C)c5ccc(C#N)cc5F)n4)CC3)n(CC3CCC3)c2c1. The third-order valence-corrected chi connectivity index (χ3v) is 9.14. The molecule has 0 radical (unpaired) electrons. The number of hydrogen-bond donors (Lipinski definition) is 1. The number of aromatic nitrogens is 3. The lowest BCUT2D eigenvalue weighted by atomic mass is 9.85. The number of nitrogens with zero attached hydrogens (tertiary/aromatic N) is 6. The van der Waals surface area contributed by atoms with Crippen LogP contribution in [0.5, 0.6) is 0 Å². The van der Waals surface area contributed by atoms with Gasteiger partial charge in [0.05, 0.1) is 29.2 Å². The molecule has 3 heterocycles. The second-order valence-corrected chi connectivity index (χ2v) is 14.0. The van der Waals surface area contributed by atoms with Gasteiger partial charge in [-0.05, 0) is 84.2 Å². The van der Waals surface area contributed by atoms with Gasteiger partial charge in [-0.3, -0.25) is 4.90 Å². The number of nitriles is 1. The van der Waals surface area contributed by atoms with Crippen LogP contribution in [0.15, 0.2) is 67.8 Å². The number of hydrogen-bond acceptors (Lipinski definition) is 6. The van der Waals surface area contributed by atoms with Crippen molar-refractivity contribution in [3.63, 3.8) is 0 Å². The minimum Gasteiger partial charge on any atom is -0.354 e. The average Bonchev–Trinajstić information content (AvgIpc) is 3.34. The van der Waals surface area contributed by atoms with Crippen LogP contribution in [0.2, 0.25) is 0 Å². The molecular formula is C38H44FN7. The fourth-order valence-corrected chi connectivity index (χ4v) is 6.45. The summed E-state index contributed by atoms with van der Waals surface area (Å²) in [5, 5.41) is 12.2. The molecule has 2 aliphatic rings. The Hall–Kier alpha value is -4.48. The summed E-state index contributed by atoms with van der Waals surface area (Å²) in [4.78, 5) is 14.7. The van der Waals surface area contributed by atoms with Gasteiger partial charge in [-0.15, -0.1) is 0 Å². The van der Waals surface area contributed by atoms with Crippen molar-refractivity contribution in [1.82, 2.24) is 19.4 Å². The van der Waals surface area contributed by atoms with E-state index in [9.17, 15) is 4.39 Å². The Bertz CT molecular complexity index is 1800. The number of imidazole rings is 1. The van der Waals surface area contributed by atoms with Gasteiger partial charge in [0, 0.05) is 44.0 Å². The molecule has 7 nitrogen and oxygen atoms in total. The van der Waals surface area contributed by atoms with Crippen molar-refractivity contribution in [2.24, 2.45) is 11.3 Å². The van der Waals surface area contributed by atoms with Crippen LogP contribution in [0.3, 0.4) is 0 Å². The van der Waals surface area contributed by atoms with Gasteiger partial charge < -0.3 is 14.8 Å². The van der Waals surface area contributed by atoms with Crippen molar-refractivity contribution in [2.45, 2.75) is 59.5 Å². The molecule has 0 spiro atoms. The predicted molar refractivity (Wildman–Crippen MR) is 186 cm³/mol. The molecular weight excluding hydrogens is 573 g/mol. The van der Waals surface area contributed by atoms with Crippen LogP contribution in [0.4, 0.5) is 16.0 Å². The quantitative estimate of drug-likeness (QED) is 0.194. The highest BCUT2D eigenvalue weighted by atomic mass is 19.1. The summed E-state index contributed by atoms with van der Waals surface area (Å²) in [6, 6.07) is 18.8. The molecule has 2 aromatic heterocycles. The van der Waals surface area contributed by atoms with Crippen LogP contribution >= 0.6 is 0 Å². The first kappa shape index (κ1) is 31.5. The first-order valence-electron chi connectivity index (χ1n) is 16.3. The molecule has 4 aromatic rings. The monoisotopic (exact) mass is 617 g/mol. The van der Waals surface area contributed by atoms with E-state index in [2.05, 4.69) is 71.8 Å². The number of allylic oxidation sites excluding steroid dienone is 1. The maximum atomic E-state index is 14.5. The zero-order valence-corrected chi connectivity index (χ0v) is 27.3. The number of nitrogens with one attached hydrogen (secondary N) is 1. The van der Waals surface area contributed by atoms with Crippen molar-refractivity contribution >= 4 is 33.9 Å². The number of pyridine rings is 1. The van der Waals surface area contributed by atoms with Crippen LogP contribution < -0.4 is 10.2 Å². The Morgan fingerprint density at radius 3 is 2.48 bits per heavy atom. The lowest BCUT2D eigenvalue weighted by Gasteiger charge is -2.35. The number of piperazine rings is 1. The highest BCUT2D eigenvalue weighted by Crippen LogP contribution is 2.33. The van der Waals surface area contributed by atoms with Crippen molar-refractivity contribution in [2.75, 3.05) is 36.4 Å². The van der Waals surface area contributed by atoms with E-state index >= 15 is 0 Å². The standard InChI is InChI=1S/C38H44FN7/c1-26(22-38(3,4)5)30-13-15-33-34(21-30)46(24-28-8-6-9-28)37(42-33)25-44-16-18-45(19-17-44)36-11-7-10-35(43-36)41-27(2)31-14-12-29(23-40)20-32(31)39/h7,10-15,20-21,28H,1-2,6,8-9,16-19,22,24-25H2,3-5H3,(H,41,43). The molecule has 0 unspecified atom stereocenters. The zero-order valence-electron chi connectivity index (χ0n) is 27.3. The van der Waals surface area contributed by atoms with Gasteiger partial charge in [0.1, 0.15) is 23.3 Å². The van der Waals surface area contributed by atoms with Crippen molar-refractivity contribution < 1.29 is 4.39 Å². The smallest absolute Gasteiger partial charge is 0.133 e. The van der Waals surface area contributed by atoms with E-state index in [0.717, 1.165) is 68.8 Å². The molecule has 238 valence electrons. The minimum atomic E-state index is -0.489. The van der Waals surface area contributed by atoms with E-state index in [1.165, 1.54) is 42.0 Å². The van der Waals surface area contributed by atoms with E-state index in [4.69, 9.17) is 15.2 Å². The van der Waals surface area contributed by atoms with Crippen molar-refractivity contribution in [3.05, 3.63) is 96.1 Å². The highest BCUT2D eigenvalue weighted by Gasteiger charge is 2.25. The second kappa shape index (κ2) is 13.1. The van der Waals surface area contributed by atoms with Crippen molar-refractivity contribution in [3.8, 4) is 6.07 Å². The van der Waals surface area contributed by atoms with Gasteiger partial charge in [0.2, 0.25) is 0 Å². The molecule has 0 bridgehead atoms. The predicted octanol–water partition coefficient (Wildman–Crippen LogP) is 8.10. The summed E-state index contributed by atoms with van der Waals surface area (Å²) < 4.78 is 17.0. The van der Waals surface area contributed by atoms with E-state index in [1.54, 1.807) is 12.1 Å². The molecule has 1 saturated heterocycles. The van der Waals surface area contributed by atoms with E-state index in [0.29, 0.717) is 17.1 Å². The fraction of sp³-hybridized carbons (Fsp3) is 0.395. The van der Waals surface area contributed by atoms with Gasteiger partial charge in [-0.1, -0.05) is 52.5 Å². The molecule has 1 aliphatic heterocycles. The number of rotatable bonds is 10. The minimum absolute atomic E-state index is 0.193. The number of halogens is 1. The molecule has 6 rings (SSSR count). The molecule has 0 amide bonds. The lowest BCUT2D eigenvalue weighted by molar-refractivity contribution is 0.231. The number of benzene rings is 2. The molecule has 1 aliphatic carbocycles. The summed E-state index contributed by atoms with van der Waals surface area (Å²) in [5.41, 5.74) is 5.87. The molecule has 46 heavy (non-hydrogen) atoms. The van der Waals surface area contributed by atoms with Crippen LogP contribution in [0.25, 0.3) is 22.3 Å². The summed E-state index contributed by atoms with van der Waals surface area (Å²) >= 11 is 0. The lowest BCUT2D eigenvalue weighted by Crippen LogP contribution is -2.46. The molecule has 0 atom stereocenters. The molecule has 1 saturated carbocycles. The Labute approximate surface area is 272 Å². The van der Waals surface area contributed by atoms with E-state index < -0.39 is 5.82 Å². The van der Waals surface area contributed by atoms with Gasteiger partial charge >= 0.3 is 0 Å².